The van der Waals surface area contributed by atoms with Crippen molar-refractivity contribution in [3.63, 3.8) is 0 Å². The summed E-state index contributed by atoms with van der Waals surface area (Å²) in [5.41, 5.74) is 0. The van der Waals surface area contributed by atoms with Crippen LogP contribution in [0.5, 0.6) is 0 Å². The number of ether oxygens (including phenoxy) is 1. The molecule has 2 saturated carbocycles. The van der Waals surface area contributed by atoms with Gasteiger partial charge in [-0.2, -0.15) is 0 Å². The average molecular weight is 301 g/mol. The number of carboxylic acids is 1. The number of rotatable bonds is 6. The molecule has 0 amide bonds. The molecule has 1 N–H and O–H groups in total. The standard InChI is InChI=1S/C10H17NO4.C4H6O2/c1-4-15-10(12)8-7(5-6(2)3)9(8)11(13)14;5-4(6)3-1-2-3/h6-9H,4-5H2,1-3H3;3H,1-2H2,(H,5,6). The summed E-state index contributed by atoms with van der Waals surface area (Å²) >= 11 is 0. The minimum atomic E-state index is -0.716. The van der Waals surface area contributed by atoms with Crippen molar-refractivity contribution in [2.45, 2.75) is 46.1 Å². The zero-order valence-corrected chi connectivity index (χ0v) is 12.7. The molecule has 0 heterocycles. The molecule has 2 aliphatic carbocycles. The average Bonchev–Trinajstić information content (AvgIpc) is 3.23. The van der Waals surface area contributed by atoms with Crippen LogP contribution in [-0.4, -0.2) is 34.6 Å². The summed E-state index contributed by atoms with van der Waals surface area (Å²) in [5, 5.41) is 18.7. The van der Waals surface area contributed by atoms with Crippen LogP contribution < -0.4 is 0 Å². The van der Waals surface area contributed by atoms with E-state index in [2.05, 4.69) is 0 Å². The van der Waals surface area contributed by atoms with Crippen LogP contribution in [0.3, 0.4) is 0 Å². The van der Waals surface area contributed by atoms with Gasteiger partial charge in [-0.1, -0.05) is 13.8 Å². The van der Waals surface area contributed by atoms with Gasteiger partial charge in [0.15, 0.2) is 0 Å². The van der Waals surface area contributed by atoms with E-state index >= 15 is 0 Å². The Kier molecular flexibility index (Phi) is 6.11. The van der Waals surface area contributed by atoms with Crippen molar-refractivity contribution in [2.24, 2.45) is 23.7 Å². The predicted octanol–water partition coefficient (Wildman–Crippen LogP) is 1.97. The maximum atomic E-state index is 11.4. The van der Waals surface area contributed by atoms with Gasteiger partial charge in [0.05, 0.1) is 12.5 Å². The fourth-order valence-electron chi connectivity index (χ4n) is 2.36. The Hall–Kier alpha value is -1.66. The van der Waals surface area contributed by atoms with Gasteiger partial charge in [0.1, 0.15) is 5.92 Å². The second-order valence-electron chi connectivity index (χ2n) is 5.96. The van der Waals surface area contributed by atoms with Gasteiger partial charge in [0.2, 0.25) is 6.04 Å². The summed E-state index contributed by atoms with van der Waals surface area (Å²) < 4.78 is 4.81. The summed E-state index contributed by atoms with van der Waals surface area (Å²) in [4.78, 5) is 31.5. The lowest BCUT2D eigenvalue weighted by atomic mass is 10.1. The quantitative estimate of drug-likeness (QED) is 0.456. The van der Waals surface area contributed by atoms with Crippen molar-refractivity contribution >= 4 is 11.9 Å². The van der Waals surface area contributed by atoms with E-state index in [-0.39, 0.29) is 23.4 Å². The number of nitrogens with zero attached hydrogens (tertiary/aromatic N) is 1. The molecule has 2 fully saturated rings. The third-order valence-corrected chi connectivity index (χ3v) is 3.60. The Balaban J connectivity index is 0.000000304. The highest BCUT2D eigenvalue weighted by molar-refractivity contribution is 5.77. The van der Waals surface area contributed by atoms with E-state index in [1.807, 2.05) is 13.8 Å². The Labute approximate surface area is 123 Å². The molecule has 120 valence electrons. The van der Waals surface area contributed by atoms with Crippen LogP contribution in [0.15, 0.2) is 0 Å². The van der Waals surface area contributed by atoms with Crippen LogP contribution in [0.2, 0.25) is 0 Å². The Morgan fingerprint density at radius 2 is 1.95 bits per heavy atom. The summed E-state index contributed by atoms with van der Waals surface area (Å²) in [5.74, 6) is -1.29. The first-order chi connectivity index (χ1) is 9.79. The van der Waals surface area contributed by atoms with E-state index in [4.69, 9.17) is 9.84 Å². The first kappa shape index (κ1) is 17.4. The van der Waals surface area contributed by atoms with Gasteiger partial charge in [-0.3, -0.25) is 19.7 Å². The molecular formula is C14H23NO6. The van der Waals surface area contributed by atoms with Crippen LogP contribution in [0.1, 0.15) is 40.0 Å². The molecular weight excluding hydrogens is 278 g/mol. The fourth-order valence-corrected chi connectivity index (χ4v) is 2.36. The zero-order chi connectivity index (χ0) is 16.2. The summed E-state index contributed by atoms with van der Waals surface area (Å²) in [6, 6.07) is -0.716. The van der Waals surface area contributed by atoms with Crippen LogP contribution in [0.4, 0.5) is 0 Å². The minimum Gasteiger partial charge on any atom is -0.481 e. The number of nitro groups is 1. The molecule has 0 aromatic rings. The Bertz CT molecular complexity index is 404. The summed E-state index contributed by atoms with van der Waals surface area (Å²) in [6.07, 6.45) is 2.51. The summed E-state index contributed by atoms with van der Waals surface area (Å²) in [7, 11) is 0. The lowest BCUT2D eigenvalue weighted by Gasteiger charge is -2.01. The minimum absolute atomic E-state index is 0.0185. The smallest absolute Gasteiger partial charge is 0.316 e. The largest absolute Gasteiger partial charge is 0.481 e. The molecule has 21 heavy (non-hydrogen) atoms. The van der Waals surface area contributed by atoms with E-state index < -0.39 is 23.9 Å². The van der Waals surface area contributed by atoms with Crippen LogP contribution in [0.25, 0.3) is 0 Å². The molecule has 0 saturated heterocycles. The van der Waals surface area contributed by atoms with Crippen molar-refractivity contribution in [1.82, 2.24) is 0 Å². The van der Waals surface area contributed by atoms with Crippen LogP contribution in [-0.2, 0) is 14.3 Å². The molecule has 2 aliphatic rings. The fraction of sp³-hybridized carbons (Fsp3) is 0.857. The second kappa shape index (κ2) is 7.38. The molecule has 0 bridgehead atoms. The number of hydrogen-bond donors (Lipinski definition) is 1. The van der Waals surface area contributed by atoms with Crippen molar-refractivity contribution in [2.75, 3.05) is 6.61 Å². The van der Waals surface area contributed by atoms with E-state index in [1.165, 1.54) is 0 Å². The predicted molar refractivity (Wildman–Crippen MR) is 74.2 cm³/mol. The monoisotopic (exact) mass is 301 g/mol. The number of aliphatic carboxylic acids is 1. The third kappa shape index (κ3) is 5.32. The molecule has 7 nitrogen and oxygen atoms in total. The number of carbonyl (C=O) groups excluding carboxylic acids is 1. The van der Waals surface area contributed by atoms with Gasteiger partial charge in [-0.25, -0.2) is 0 Å². The first-order valence-electron chi connectivity index (χ1n) is 7.32. The molecule has 0 aromatic heterocycles. The van der Waals surface area contributed by atoms with Crippen molar-refractivity contribution in [3.8, 4) is 0 Å². The van der Waals surface area contributed by atoms with E-state index in [1.54, 1.807) is 6.92 Å². The number of esters is 1. The van der Waals surface area contributed by atoms with Crippen LogP contribution in [0, 0.1) is 33.8 Å². The third-order valence-electron chi connectivity index (χ3n) is 3.60. The molecule has 2 rings (SSSR count). The molecule has 0 spiro atoms. The lowest BCUT2D eigenvalue weighted by molar-refractivity contribution is -0.500. The van der Waals surface area contributed by atoms with Gasteiger partial charge in [-0.05, 0) is 32.1 Å². The molecule has 3 atom stereocenters. The van der Waals surface area contributed by atoms with Crippen molar-refractivity contribution in [3.05, 3.63) is 10.1 Å². The highest BCUT2D eigenvalue weighted by atomic mass is 16.6. The lowest BCUT2D eigenvalue weighted by Crippen LogP contribution is -2.13. The van der Waals surface area contributed by atoms with E-state index in [0.29, 0.717) is 5.92 Å². The number of carbonyl (C=O) groups is 2. The zero-order valence-electron chi connectivity index (χ0n) is 12.7. The van der Waals surface area contributed by atoms with E-state index in [9.17, 15) is 19.7 Å². The van der Waals surface area contributed by atoms with Gasteiger partial charge < -0.3 is 9.84 Å². The number of carboxylic acid groups (broad SMARTS) is 1. The maximum Gasteiger partial charge on any atom is 0.316 e. The van der Waals surface area contributed by atoms with Gasteiger partial charge in [0, 0.05) is 10.8 Å². The number of hydrogen-bond acceptors (Lipinski definition) is 5. The highest BCUT2D eigenvalue weighted by Crippen LogP contribution is 2.46. The first-order valence-corrected chi connectivity index (χ1v) is 7.32. The van der Waals surface area contributed by atoms with Crippen molar-refractivity contribution < 1.29 is 24.4 Å². The summed E-state index contributed by atoms with van der Waals surface area (Å²) in [6.45, 7) is 5.99. The SMILES string of the molecule is CCOC(=O)C1C(CC(C)C)C1[N+](=O)[O-].O=C(O)C1CC1. The highest BCUT2D eigenvalue weighted by Gasteiger charge is 2.65. The maximum absolute atomic E-state index is 11.4. The molecule has 0 radical (unpaired) electrons. The van der Waals surface area contributed by atoms with Gasteiger partial charge >= 0.3 is 11.9 Å². The molecule has 3 unspecified atom stereocenters. The Morgan fingerprint density at radius 1 is 1.38 bits per heavy atom. The molecule has 0 aromatic carbocycles. The normalized spacial score (nSPS) is 26.6. The second-order valence-corrected chi connectivity index (χ2v) is 5.96. The molecule has 7 heteroatoms. The molecule has 0 aliphatic heterocycles. The Morgan fingerprint density at radius 3 is 2.24 bits per heavy atom. The van der Waals surface area contributed by atoms with Crippen LogP contribution >= 0.6 is 0 Å². The van der Waals surface area contributed by atoms with Gasteiger partial charge in [-0.15, -0.1) is 0 Å². The van der Waals surface area contributed by atoms with Gasteiger partial charge in [0.25, 0.3) is 0 Å². The van der Waals surface area contributed by atoms with Crippen molar-refractivity contribution in [1.29, 1.82) is 0 Å². The van der Waals surface area contributed by atoms with E-state index in [0.717, 1.165) is 19.3 Å². The topological polar surface area (TPSA) is 107 Å².